The Morgan fingerprint density at radius 1 is 1.24 bits per heavy atom. The molecule has 2 amide bonds. The van der Waals surface area contributed by atoms with Gasteiger partial charge in [0.05, 0.1) is 0 Å². The van der Waals surface area contributed by atoms with Crippen molar-refractivity contribution in [3.05, 3.63) is 28.2 Å². The molecule has 0 bridgehead atoms. The van der Waals surface area contributed by atoms with Crippen molar-refractivity contribution >= 4 is 33.4 Å². The van der Waals surface area contributed by atoms with Gasteiger partial charge in [-0.15, -0.1) is 0 Å². The highest BCUT2D eigenvalue weighted by atomic mass is 79.9. The molecule has 1 aromatic carbocycles. The molecule has 116 valence electrons. The first-order valence-corrected chi connectivity index (χ1v) is 7.79. The minimum absolute atomic E-state index is 0.262. The summed E-state index contributed by atoms with van der Waals surface area (Å²) >= 11 is 3.42. The number of carbonyl (C=O) groups is 2. The van der Waals surface area contributed by atoms with Gasteiger partial charge in [0.2, 0.25) is 11.8 Å². The number of hydrogen-bond acceptors (Lipinski definition) is 2. The summed E-state index contributed by atoms with van der Waals surface area (Å²) in [5.74, 6) is -0.227. The zero-order valence-corrected chi connectivity index (χ0v) is 14.8. The molecule has 2 N–H and O–H groups in total. The molecule has 0 aliphatic carbocycles. The quantitative estimate of drug-likeness (QED) is 0.795. The van der Waals surface area contributed by atoms with E-state index >= 15 is 0 Å². The van der Waals surface area contributed by atoms with Crippen LogP contribution in [0.5, 0.6) is 0 Å². The smallest absolute Gasteiger partial charge is 0.239 e. The van der Waals surface area contributed by atoms with Crippen molar-refractivity contribution in [1.82, 2.24) is 5.32 Å². The molecule has 0 saturated heterocycles. The van der Waals surface area contributed by atoms with E-state index in [0.717, 1.165) is 10.0 Å². The summed E-state index contributed by atoms with van der Waals surface area (Å²) in [6.07, 6.45) is 0. The first-order valence-electron chi connectivity index (χ1n) is 7.00. The van der Waals surface area contributed by atoms with E-state index in [2.05, 4.69) is 26.6 Å². The van der Waals surface area contributed by atoms with Crippen molar-refractivity contribution in [3.8, 4) is 0 Å². The third-order valence-electron chi connectivity index (χ3n) is 3.22. The van der Waals surface area contributed by atoms with Gasteiger partial charge in [0.1, 0.15) is 5.41 Å². The average Bonchev–Trinajstić information content (AvgIpc) is 2.39. The number of benzene rings is 1. The number of halogens is 1. The second kappa shape index (κ2) is 7.07. The molecule has 0 aliphatic heterocycles. The summed E-state index contributed by atoms with van der Waals surface area (Å²) < 4.78 is 0.981. The molecule has 5 heteroatoms. The van der Waals surface area contributed by atoms with E-state index < -0.39 is 5.41 Å². The Morgan fingerprint density at radius 2 is 1.86 bits per heavy atom. The Kier molecular flexibility index (Phi) is 5.96. The van der Waals surface area contributed by atoms with Gasteiger partial charge in [0.25, 0.3) is 0 Å². The fourth-order valence-corrected chi connectivity index (χ4v) is 1.88. The lowest BCUT2D eigenvalue weighted by Crippen LogP contribution is -2.46. The monoisotopic (exact) mass is 354 g/mol. The minimum atomic E-state index is -1.12. The number of nitrogens with one attached hydrogen (secondary N) is 2. The van der Waals surface area contributed by atoms with Gasteiger partial charge in [0.15, 0.2) is 0 Å². The zero-order chi connectivity index (χ0) is 16.2. The maximum absolute atomic E-state index is 12.3. The van der Waals surface area contributed by atoms with Crippen molar-refractivity contribution in [3.63, 3.8) is 0 Å². The molecule has 0 spiro atoms. The molecule has 0 aliphatic rings. The molecule has 0 aromatic heterocycles. The normalized spacial score (nSPS) is 11.4. The van der Waals surface area contributed by atoms with Crippen LogP contribution in [0.3, 0.4) is 0 Å². The fourth-order valence-electron chi connectivity index (χ4n) is 1.63. The highest BCUT2D eigenvalue weighted by Gasteiger charge is 2.36. The molecule has 0 atom stereocenters. The van der Waals surface area contributed by atoms with Gasteiger partial charge in [-0.2, -0.15) is 0 Å². The summed E-state index contributed by atoms with van der Waals surface area (Å²) in [5.41, 5.74) is 0.593. The van der Waals surface area contributed by atoms with Crippen molar-refractivity contribution in [1.29, 1.82) is 0 Å². The minimum Gasteiger partial charge on any atom is -0.355 e. The summed E-state index contributed by atoms with van der Waals surface area (Å²) in [7, 11) is 0. The topological polar surface area (TPSA) is 58.2 Å². The number of aryl methyl sites for hydroxylation is 1. The Morgan fingerprint density at radius 3 is 2.38 bits per heavy atom. The zero-order valence-electron chi connectivity index (χ0n) is 13.2. The summed E-state index contributed by atoms with van der Waals surface area (Å²) in [6.45, 7) is 9.79. The van der Waals surface area contributed by atoms with Gasteiger partial charge in [0, 0.05) is 16.7 Å². The van der Waals surface area contributed by atoms with Gasteiger partial charge in [-0.3, -0.25) is 9.59 Å². The van der Waals surface area contributed by atoms with E-state index in [1.54, 1.807) is 19.9 Å². The van der Waals surface area contributed by atoms with E-state index in [-0.39, 0.29) is 11.8 Å². The molecule has 0 radical (unpaired) electrons. The molecule has 1 aromatic rings. The summed E-state index contributed by atoms with van der Waals surface area (Å²) in [5, 5.41) is 5.60. The summed E-state index contributed by atoms with van der Waals surface area (Å²) in [4.78, 5) is 24.5. The van der Waals surface area contributed by atoms with Crippen LogP contribution in [0.1, 0.15) is 33.3 Å². The molecule has 4 nitrogen and oxygen atoms in total. The van der Waals surface area contributed by atoms with Crippen LogP contribution in [0, 0.1) is 18.3 Å². The number of rotatable bonds is 5. The van der Waals surface area contributed by atoms with E-state index in [0.29, 0.717) is 18.2 Å². The van der Waals surface area contributed by atoms with Gasteiger partial charge < -0.3 is 10.6 Å². The maximum Gasteiger partial charge on any atom is 0.239 e. The maximum atomic E-state index is 12.3. The Balaban J connectivity index is 2.76. The first-order chi connectivity index (χ1) is 9.64. The predicted octanol–water partition coefficient (Wildman–Crippen LogP) is 3.49. The number of hydrogen-bond donors (Lipinski definition) is 2. The second-order valence-electron chi connectivity index (χ2n) is 6.15. The Hall–Kier alpha value is -1.36. The van der Waals surface area contributed by atoms with Crippen molar-refractivity contribution in [2.24, 2.45) is 11.3 Å². The van der Waals surface area contributed by atoms with Gasteiger partial charge in [-0.25, -0.2) is 0 Å². The lowest BCUT2D eigenvalue weighted by molar-refractivity contribution is -0.138. The third kappa shape index (κ3) is 4.84. The lowest BCUT2D eigenvalue weighted by atomic mass is 9.90. The highest BCUT2D eigenvalue weighted by Crippen LogP contribution is 2.23. The van der Waals surface area contributed by atoms with E-state index in [1.807, 2.05) is 32.9 Å². The number of amides is 2. The van der Waals surface area contributed by atoms with Crippen LogP contribution in [-0.2, 0) is 9.59 Å². The van der Waals surface area contributed by atoms with Gasteiger partial charge >= 0.3 is 0 Å². The third-order valence-corrected chi connectivity index (χ3v) is 4.11. The van der Waals surface area contributed by atoms with Gasteiger partial charge in [-0.1, -0.05) is 29.8 Å². The molecular weight excluding hydrogens is 332 g/mol. The molecule has 21 heavy (non-hydrogen) atoms. The van der Waals surface area contributed by atoms with Crippen LogP contribution >= 0.6 is 15.9 Å². The predicted molar refractivity (Wildman–Crippen MR) is 89.1 cm³/mol. The largest absolute Gasteiger partial charge is 0.355 e. The molecule has 0 saturated carbocycles. The Bertz CT molecular complexity index is 539. The van der Waals surface area contributed by atoms with Crippen LogP contribution in [-0.4, -0.2) is 18.4 Å². The van der Waals surface area contributed by atoms with E-state index in [9.17, 15) is 9.59 Å². The van der Waals surface area contributed by atoms with Crippen LogP contribution in [0.15, 0.2) is 22.7 Å². The molecule has 0 unspecified atom stereocenters. The highest BCUT2D eigenvalue weighted by molar-refractivity contribution is 9.10. The van der Waals surface area contributed by atoms with E-state index in [4.69, 9.17) is 0 Å². The van der Waals surface area contributed by atoms with Crippen molar-refractivity contribution in [2.45, 2.75) is 34.6 Å². The lowest BCUT2D eigenvalue weighted by Gasteiger charge is -2.23. The van der Waals surface area contributed by atoms with Crippen LogP contribution in [0.4, 0.5) is 5.69 Å². The molecule has 1 rings (SSSR count). The SMILES string of the molecule is Cc1cc(NC(=O)C(C)(C)C(=O)NCC(C)C)ccc1Br. The van der Waals surface area contributed by atoms with Crippen LogP contribution < -0.4 is 10.6 Å². The van der Waals surface area contributed by atoms with Crippen LogP contribution in [0.2, 0.25) is 0 Å². The summed E-state index contributed by atoms with van der Waals surface area (Å²) in [6, 6.07) is 5.54. The Labute approximate surface area is 134 Å². The molecule has 0 fully saturated rings. The average molecular weight is 355 g/mol. The van der Waals surface area contributed by atoms with Crippen molar-refractivity contribution < 1.29 is 9.59 Å². The fraction of sp³-hybridized carbons (Fsp3) is 0.500. The number of anilines is 1. The standard InChI is InChI=1S/C16H23BrN2O2/c1-10(2)9-18-14(20)16(4,5)15(21)19-12-6-7-13(17)11(3)8-12/h6-8,10H,9H2,1-5H3,(H,18,20)(H,19,21). The van der Waals surface area contributed by atoms with Crippen molar-refractivity contribution in [2.75, 3.05) is 11.9 Å². The molecular formula is C16H23BrN2O2. The number of carbonyl (C=O) groups excluding carboxylic acids is 2. The van der Waals surface area contributed by atoms with Crippen LogP contribution in [0.25, 0.3) is 0 Å². The first kappa shape index (κ1) is 17.7. The van der Waals surface area contributed by atoms with E-state index in [1.165, 1.54) is 0 Å². The van der Waals surface area contributed by atoms with Gasteiger partial charge in [-0.05, 0) is 50.5 Å². The second-order valence-corrected chi connectivity index (χ2v) is 7.00. The molecule has 0 heterocycles.